The first kappa shape index (κ1) is 12.8. The Morgan fingerprint density at radius 3 is 3.13 bits per heavy atom. The second kappa shape index (κ2) is 4.08. The number of carbonyl (C=O) groups is 1. The van der Waals surface area contributed by atoms with Crippen molar-refractivity contribution < 1.29 is 19.4 Å². The van der Waals surface area contributed by atoms with Crippen LogP contribution in [0.1, 0.15) is 30.4 Å². The SMILES string of the molecule is [2H]O[C@@]12CCC(=O)C3Oc4c(OC)ccc5c4[C@@]31CCN(C)[C@@H]2C5. The molecule has 4 aliphatic rings. The molecule has 0 amide bonds. The van der Waals surface area contributed by atoms with Crippen LogP contribution in [-0.4, -0.2) is 55.7 Å². The molecule has 2 fully saturated rings. The summed E-state index contributed by atoms with van der Waals surface area (Å²) in [5.74, 6) is 1.48. The van der Waals surface area contributed by atoms with Gasteiger partial charge in [0, 0.05) is 18.0 Å². The molecule has 0 radical (unpaired) electrons. The zero-order valence-electron chi connectivity index (χ0n) is 14.4. The lowest BCUT2D eigenvalue weighted by Gasteiger charge is -2.62. The number of likely N-dealkylation sites (N-methyl/N-ethyl adjacent to an activating group) is 1. The number of hydrogen-bond acceptors (Lipinski definition) is 5. The molecule has 2 bridgehead atoms. The molecule has 2 aliphatic heterocycles. The molecule has 4 atom stereocenters. The summed E-state index contributed by atoms with van der Waals surface area (Å²) in [6.07, 6.45) is 2.01. The van der Waals surface area contributed by atoms with Crippen LogP contribution in [0.15, 0.2) is 12.1 Å². The number of carbonyl (C=O) groups excluding carboxylic acids is 1. The Morgan fingerprint density at radius 2 is 2.35 bits per heavy atom. The molecule has 5 rings (SSSR count). The van der Waals surface area contributed by atoms with Crippen LogP contribution in [0.3, 0.4) is 0 Å². The third-order valence-electron chi connectivity index (χ3n) is 6.69. The number of benzene rings is 1. The number of piperidine rings is 1. The Balaban J connectivity index is 1.86. The number of methoxy groups -OCH3 is 1. The van der Waals surface area contributed by atoms with Gasteiger partial charge in [-0.05, 0) is 44.5 Å². The smallest absolute Gasteiger partial charge is 0.211 e. The molecule has 1 N–H and O–H groups in total. The quantitative estimate of drug-likeness (QED) is 0.884. The van der Waals surface area contributed by atoms with E-state index in [1.807, 2.05) is 6.07 Å². The number of nitrogens with zero attached hydrogens (tertiary/aromatic N) is 1. The Morgan fingerprint density at radius 1 is 1.48 bits per heavy atom. The number of rotatable bonds is 2. The molecule has 5 nitrogen and oxygen atoms in total. The highest BCUT2D eigenvalue weighted by Gasteiger charge is 2.72. The van der Waals surface area contributed by atoms with Crippen LogP contribution in [-0.2, 0) is 16.6 Å². The molecule has 1 aromatic carbocycles. The molecular weight excluding hydrogens is 294 g/mol. The average molecular weight is 316 g/mol. The van der Waals surface area contributed by atoms with Crippen molar-refractivity contribution in [1.82, 2.24) is 4.90 Å². The third kappa shape index (κ3) is 1.32. The Bertz CT molecular complexity index is 753. The lowest BCUT2D eigenvalue weighted by atomic mass is 9.49. The number of ketones is 1. The van der Waals surface area contributed by atoms with Gasteiger partial charge in [-0.15, -0.1) is 0 Å². The Kier molecular flexibility index (Phi) is 2.27. The van der Waals surface area contributed by atoms with Crippen LogP contribution in [0.2, 0.25) is 0 Å². The van der Waals surface area contributed by atoms with Gasteiger partial charge in [-0.3, -0.25) is 4.79 Å². The van der Waals surface area contributed by atoms with Crippen molar-refractivity contribution in [3.8, 4) is 11.5 Å². The standard InChI is InChI=1S/C18H21NO4/c1-19-8-7-17-14-10-3-4-12(22-2)15(14)23-16(17)11(20)5-6-18(17,21)13(19)9-10/h3-4,13,16,21H,5-9H2,1-2H3/t13-,16?,17+,18-/m1/s1/i21D. The number of aliphatic hydroxyl groups is 1. The topological polar surface area (TPSA) is 59.0 Å². The summed E-state index contributed by atoms with van der Waals surface area (Å²) in [5.41, 5.74) is 1.02. The van der Waals surface area contributed by atoms with Crippen molar-refractivity contribution in [1.29, 1.82) is 1.43 Å². The highest BCUT2D eigenvalue weighted by atomic mass is 16.5. The van der Waals surface area contributed by atoms with Gasteiger partial charge in [0.25, 0.3) is 0 Å². The Hall–Kier alpha value is -1.59. The fourth-order valence-corrected chi connectivity index (χ4v) is 5.65. The number of ether oxygens (including phenoxy) is 2. The fourth-order valence-electron chi connectivity index (χ4n) is 5.65. The molecule has 1 unspecified atom stereocenters. The Labute approximate surface area is 136 Å². The summed E-state index contributed by atoms with van der Waals surface area (Å²) >= 11 is 0. The van der Waals surface area contributed by atoms with Gasteiger partial charge in [-0.2, -0.15) is 0 Å². The van der Waals surface area contributed by atoms with Crippen molar-refractivity contribution in [3.63, 3.8) is 0 Å². The maximum atomic E-state index is 12.8. The van der Waals surface area contributed by atoms with Crippen LogP contribution < -0.4 is 9.47 Å². The molecular formula is C18H21NO4. The molecule has 1 saturated heterocycles. The molecule has 0 aromatic heterocycles. The third-order valence-corrected chi connectivity index (χ3v) is 6.69. The number of likely N-dealkylation sites (tertiary alicyclic amines) is 1. The monoisotopic (exact) mass is 316 g/mol. The number of Topliss-reactive ketones (excluding diaryl/α,β-unsaturated/α-hetero) is 1. The molecule has 122 valence electrons. The van der Waals surface area contributed by atoms with Crippen molar-refractivity contribution in [2.24, 2.45) is 0 Å². The van der Waals surface area contributed by atoms with Crippen molar-refractivity contribution in [2.45, 2.75) is 48.8 Å². The molecule has 23 heavy (non-hydrogen) atoms. The first-order chi connectivity index (χ1) is 11.6. The van der Waals surface area contributed by atoms with Gasteiger partial charge in [-0.25, -0.2) is 0 Å². The van der Waals surface area contributed by atoms with E-state index in [0.29, 0.717) is 24.3 Å². The van der Waals surface area contributed by atoms with Crippen LogP contribution in [0.4, 0.5) is 0 Å². The molecule has 1 saturated carbocycles. The second-order valence-corrected chi connectivity index (χ2v) is 7.41. The van der Waals surface area contributed by atoms with E-state index in [-0.39, 0.29) is 11.8 Å². The van der Waals surface area contributed by atoms with Crippen LogP contribution in [0, 0.1) is 0 Å². The summed E-state index contributed by atoms with van der Waals surface area (Å²) in [7, 11) is 3.71. The maximum Gasteiger partial charge on any atom is 0.211 e. The maximum absolute atomic E-state index is 12.8. The first-order valence-electron chi connectivity index (χ1n) is 8.74. The average Bonchev–Trinajstić information content (AvgIpc) is 2.95. The van der Waals surface area contributed by atoms with Crippen LogP contribution in [0.25, 0.3) is 0 Å². The summed E-state index contributed by atoms with van der Waals surface area (Å²) in [5, 5.41) is 5.53. The minimum absolute atomic E-state index is 0.0924. The van der Waals surface area contributed by atoms with E-state index in [2.05, 4.69) is 18.0 Å². The van der Waals surface area contributed by atoms with Gasteiger partial charge < -0.3 is 19.5 Å². The summed E-state index contributed by atoms with van der Waals surface area (Å²) in [6, 6.07) is 4.11. The van der Waals surface area contributed by atoms with E-state index in [1.54, 1.807) is 7.11 Å². The van der Waals surface area contributed by atoms with Crippen molar-refractivity contribution >= 4 is 5.78 Å². The van der Waals surface area contributed by atoms with Gasteiger partial charge in [-0.1, -0.05) is 6.07 Å². The van der Waals surface area contributed by atoms with Gasteiger partial charge in [0.2, 0.25) is 1.43 Å². The lowest BCUT2D eigenvalue weighted by molar-refractivity contribution is -0.185. The summed E-state index contributed by atoms with van der Waals surface area (Å²) in [6.45, 7) is 0.874. The van der Waals surface area contributed by atoms with Crippen LogP contribution in [0.5, 0.6) is 11.5 Å². The largest absolute Gasteiger partial charge is 0.493 e. The fraction of sp³-hybridized carbons (Fsp3) is 0.611. The van der Waals surface area contributed by atoms with Gasteiger partial charge in [0.15, 0.2) is 23.4 Å². The van der Waals surface area contributed by atoms with Crippen LogP contribution >= 0.6 is 0 Å². The zero-order valence-corrected chi connectivity index (χ0v) is 13.4. The lowest BCUT2D eigenvalue weighted by Crippen LogP contribution is -2.76. The predicted molar refractivity (Wildman–Crippen MR) is 83.0 cm³/mol. The van der Waals surface area contributed by atoms with Gasteiger partial charge in [0.1, 0.15) is 0 Å². The molecule has 2 aliphatic carbocycles. The van der Waals surface area contributed by atoms with E-state index >= 15 is 0 Å². The minimum Gasteiger partial charge on any atom is -0.493 e. The van der Waals surface area contributed by atoms with E-state index < -0.39 is 17.1 Å². The van der Waals surface area contributed by atoms with Gasteiger partial charge in [0.05, 0.1) is 18.1 Å². The predicted octanol–water partition coefficient (Wildman–Crippen LogP) is 1.05. The summed E-state index contributed by atoms with van der Waals surface area (Å²) in [4.78, 5) is 15.1. The van der Waals surface area contributed by atoms with E-state index in [4.69, 9.17) is 16.0 Å². The summed E-state index contributed by atoms with van der Waals surface area (Å²) < 4.78 is 19.7. The van der Waals surface area contributed by atoms with E-state index in [1.165, 1.54) is 5.56 Å². The highest BCUT2D eigenvalue weighted by molar-refractivity contribution is 5.90. The van der Waals surface area contributed by atoms with Crippen molar-refractivity contribution in [2.75, 3.05) is 20.7 Å². The second-order valence-electron chi connectivity index (χ2n) is 7.41. The molecule has 2 heterocycles. The first-order valence-corrected chi connectivity index (χ1v) is 8.33. The van der Waals surface area contributed by atoms with Gasteiger partial charge >= 0.3 is 0 Å². The normalized spacial score (nSPS) is 41.1. The molecule has 5 heteroatoms. The number of hydrogen-bond donors (Lipinski definition) is 1. The van der Waals surface area contributed by atoms with Crippen molar-refractivity contribution in [3.05, 3.63) is 23.3 Å². The minimum atomic E-state index is -0.691. The highest BCUT2D eigenvalue weighted by Crippen LogP contribution is 2.64. The molecule has 1 spiro atoms. The van der Waals surface area contributed by atoms with E-state index in [0.717, 1.165) is 24.9 Å². The molecule has 1 aromatic rings. The zero-order chi connectivity index (χ0) is 16.7. The van der Waals surface area contributed by atoms with E-state index in [9.17, 15) is 4.79 Å².